The number of nitrogens with two attached hydrogens (primary N) is 1. The van der Waals surface area contributed by atoms with Crippen molar-refractivity contribution in [1.82, 2.24) is 14.7 Å². The van der Waals surface area contributed by atoms with Gasteiger partial charge in [-0.1, -0.05) is 0 Å². The molecule has 3 rings (SSSR count). The van der Waals surface area contributed by atoms with Crippen molar-refractivity contribution in [3.63, 3.8) is 0 Å². The highest BCUT2D eigenvalue weighted by atomic mass is 35.5. The van der Waals surface area contributed by atoms with Crippen LogP contribution in [0.4, 0.5) is 0 Å². The van der Waals surface area contributed by atoms with Crippen LogP contribution in [-0.2, 0) is 18.4 Å². The van der Waals surface area contributed by atoms with E-state index in [4.69, 9.17) is 5.73 Å². The van der Waals surface area contributed by atoms with Crippen LogP contribution in [0.5, 0.6) is 0 Å². The number of aryl methyl sites for hydroxylation is 1. The lowest BCUT2D eigenvalue weighted by molar-refractivity contribution is -0.138. The van der Waals surface area contributed by atoms with Crippen molar-refractivity contribution >= 4 is 30.7 Å². The second kappa shape index (κ2) is 7.66. The van der Waals surface area contributed by atoms with Gasteiger partial charge in [-0.2, -0.15) is 5.10 Å². The first-order chi connectivity index (χ1) is 9.60. The maximum absolute atomic E-state index is 12.8. The molecule has 2 N–H and O–H groups in total. The average molecular weight is 349 g/mol. The molecule has 2 bridgehead atoms. The Morgan fingerprint density at radius 3 is 2.59 bits per heavy atom. The second-order valence-corrected chi connectivity index (χ2v) is 6.31. The number of rotatable bonds is 4. The molecule has 2 aliphatic rings. The molecule has 1 aromatic heterocycles. The lowest BCUT2D eigenvalue weighted by Crippen LogP contribution is -2.46. The molecule has 2 fully saturated rings. The molecule has 0 aromatic carbocycles. The molecule has 2 aliphatic carbocycles. The fourth-order valence-corrected chi connectivity index (χ4v) is 4.03. The minimum Gasteiger partial charge on any atom is -0.338 e. The molecule has 0 aliphatic heterocycles. The lowest BCUT2D eigenvalue weighted by Gasteiger charge is -2.32. The Bertz CT molecular complexity index is 505. The number of carbonyl (C=O) groups excluding carboxylic acids is 1. The molecule has 2 saturated carbocycles. The first-order valence-electron chi connectivity index (χ1n) is 7.62. The van der Waals surface area contributed by atoms with Crippen molar-refractivity contribution in [2.75, 3.05) is 6.54 Å². The summed E-state index contributed by atoms with van der Waals surface area (Å²) in [7, 11) is 1.90. The van der Waals surface area contributed by atoms with E-state index >= 15 is 0 Å². The third-order valence-electron chi connectivity index (χ3n) is 5.09. The van der Waals surface area contributed by atoms with Crippen LogP contribution in [0, 0.1) is 17.8 Å². The SMILES string of the molecule is CCN(Cc1cnn(C)c1)C(=O)C1C2CCC(C2)C1N.Cl.Cl. The van der Waals surface area contributed by atoms with Gasteiger partial charge in [-0.3, -0.25) is 9.48 Å². The quantitative estimate of drug-likeness (QED) is 0.904. The number of fused-ring (bicyclic) bond motifs is 2. The molecule has 1 aromatic rings. The van der Waals surface area contributed by atoms with Crippen LogP contribution in [0.15, 0.2) is 12.4 Å². The van der Waals surface area contributed by atoms with Crippen LogP contribution in [0.1, 0.15) is 31.7 Å². The molecule has 4 unspecified atom stereocenters. The molecule has 7 heteroatoms. The largest absolute Gasteiger partial charge is 0.338 e. The number of nitrogens with zero attached hydrogens (tertiary/aromatic N) is 3. The van der Waals surface area contributed by atoms with Gasteiger partial charge in [0.2, 0.25) is 5.91 Å². The van der Waals surface area contributed by atoms with Crippen LogP contribution in [0.25, 0.3) is 0 Å². The Hall–Kier alpha value is -0.780. The van der Waals surface area contributed by atoms with E-state index in [-0.39, 0.29) is 42.7 Å². The predicted octanol–water partition coefficient (Wildman–Crippen LogP) is 1.99. The standard InChI is InChI=1S/C15H24N4O.2ClH/c1-3-19(9-10-7-17-18(2)8-10)15(20)13-11-4-5-12(6-11)14(13)16;;/h7-8,11-14H,3-6,9,16H2,1-2H3;2*1H. The topological polar surface area (TPSA) is 64.2 Å². The third-order valence-corrected chi connectivity index (χ3v) is 5.09. The molecule has 1 heterocycles. The second-order valence-electron chi connectivity index (χ2n) is 6.31. The Kier molecular flexibility index (Phi) is 6.71. The van der Waals surface area contributed by atoms with Crippen LogP contribution < -0.4 is 5.73 Å². The summed E-state index contributed by atoms with van der Waals surface area (Å²) in [4.78, 5) is 14.7. The Labute approximate surface area is 144 Å². The zero-order valence-corrected chi connectivity index (χ0v) is 14.8. The number of hydrogen-bond donors (Lipinski definition) is 1. The van der Waals surface area contributed by atoms with Crippen molar-refractivity contribution in [3.8, 4) is 0 Å². The van der Waals surface area contributed by atoms with Crippen LogP contribution in [-0.4, -0.2) is 33.2 Å². The van der Waals surface area contributed by atoms with Gasteiger partial charge in [0.15, 0.2) is 0 Å². The predicted molar refractivity (Wildman–Crippen MR) is 91.1 cm³/mol. The Morgan fingerprint density at radius 2 is 2.09 bits per heavy atom. The van der Waals surface area contributed by atoms with E-state index < -0.39 is 0 Å². The zero-order valence-electron chi connectivity index (χ0n) is 13.1. The van der Waals surface area contributed by atoms with E-state index in [1.165, 1.54) is 12.8 Å². The van der Waals surface area contributed by atoms with Crippen molar-refractivity contribution < 1.29 is 4.79 Å². The number of carbonyl (C=O) groups is 1. The minimum atomic E-state index is 0. The fraction of sp³-hybridized carbons (Fsp3) is 0.733. The van der Waals surface area contributed by atoms with Gasteiger partial charge in [0.1, 0.15) is 0 Å². The summed E-state index contributed by atoms with van der Waals surface area (Å²) >= 11 is 0. The maximum Gasteiger partial charge on any atom is 0.227 e. The van der Waals surface area contributed by atoms with Gasteiger partial charge >= 0.3 is 0 Å². The van der Waals surface area contributed by atoms with E-state index in [1.54, 1.807) is 4.68 Å². The molecule has 0 radical (unpaired) electrons. The molecule has 126 valence electrons. The molecular weight excluding hydrogens is 323 g/mol. The van der Waals surface area contributed by atoms with E-state index in [0.29, 0.717) is 18.4 Å². The van der Waals surface area contributed by atoms with Crippen molar-refractivity contribution in [2.45, 2.75) is 38.8 Å². The molecule has 5 nitrogen and oxygen atoms in total. The van der Waals surface area contributed by atoms with Gasteiger partial charge in [0.25, 0.3) is 0 Å². The smallest absolute Gasteiger partial charge is 0.227 e. The first kappa shape index (κ1) is 19.3. The minimum absolute atomic E-state index is 0. The Morgan fingerprint density at radius 1 is 1.41 bits per heavy atom. The molecular formula is C15H26Cl2N4O. The highest BCUT2D eigenvalue weighted by Crippen LogP contribution is 2.48. The van der Waals surface area contributed by atoms with Crippen molar-refractivity contribution in [2.24, 2.45) is 30.5 Å². The summed E-state index contributed by atoms with van der Waals surface area (Å²) < 4.78 is 1.77. The average Bonchev–Trinajstić information content (AvgIpc) is 3.11. The van der Waals surface area contributed by atoms with Gasteiger partial charge in [0.05, 0.1) is 12.1 Å². The molecule has 4 atom stereocenters. The van der Waals surface area contributed by atoms with Gasteiger partial charge in [-0.05, 0) is 38.0 Å². The van der Waals surface area contributed by atoms with Gasteiger partial charge in [0, 0.05) is 37.9 Å². The van der Waals surface area contributed by atoms with E-state index in [9.17, 15) is 4.79 Å². The molecule has 1 amide bonds. The van der Waals surface area contributed by atoms with Crippen LogP contribution in [0.3, 0.4) is 0 Å². The lowest BCUT2D eigenvalue weighted by atomic mass is 9.84. The molecule has 0 saturated heterocycles. The van der Waals surface area contributed by atoms with Crippen LogP contribution in [0.2, 0.25) is 0 Å². The summed E-state index contributed by atoms with van der Waals surface area (Å²) in [6.07, 6.45) is 7.35. The number of amides is 1. The fourth-order valence-electron chi connectivity index (χ4n) is 4.03. The molecule has 22 heavy (non-hydrogen) atoms. The number of halogens is 2. The van der Waals surface area contributed by atoms with Crippen molar-refractivity contribution in [3.05, 3.63) is 18.0 Å². The first-order valence-corrected chi connectivity index (χ1v) is 7.62. The highest BCUT2D eigenvalue weighted by molar-refractivity contribution is 5.85. The monoisotopic (exact) mass is 348 g/mol. The summed E-state index contributed by atoms with van der Waals surface area (Å²) in [5, 5.41) is 4.17. The number of aromatic nitrogens is 2. The molecule has 0 spiro atoms. The normalized spacial score (nSPS) is 28.9. The zero-order chi connectivity index (χ0) is 14.3. The van der Waals surface area contributed by atoms with Gasteiger partial charge in [-0.25, -0.2) is 0 Å². The van der Waals surface area contributed by atoms with E-state index in [2.05, 4.69) is 5.10 Å². The summed E-state index contributed by atoms with van der Waals surface area (Å²) in [5.74, 6) is 1.39. The van der Waals surface area contributed by atoms with Crippen molar-refractivity contribution in [1.29, 1.82) is 0 Å². The van der Waals surface area contributed by atoms with E-state index in [0.717, 1.165) is 18.5 Å². The Balaban J connectivity index is 0.00000121. The summed E-state index contributed by atoms with van der Waals surface area (Å²) in [6, 6.07) is 0.0733. The summed E-state index contributed by atoms with van der Waals surface area (Å²) in [5.41, 5.74) is 7.37. The van der Waals surface area contributed by atoms with Gasteiger partial charge in [-0.15, -0.1) is 24.8 Å². The van der Waals surface area contributed by atoms with Crippen LogP contribution >= 0.6 is 24.8 Å². The number of hydrogen-bond acceptors (Lipinski definition) is 3. The summed E-state index contributed by atoms with van der Waals surface area (Å²) in [6.45, 7) is 3.41. The maximum atomic E-state index is 12.8. The third kappa shape index (κ3) is 3.42. The van der Waals surface area contributed by atoms with Gasteiger partial charge < -0.3 is 10.6 Å². The van der Waals surface area contributed by atoms with E-state index in [1.807, 2.05) is 31.3 Å². The highest BCUT2D eigenvalue weighted by Gasteiger charge is 2.49.